The van der Waals surface area contributed by atoms with Gasteiger partial charge in [0, 0.05) is 6.42 Å². The molecule has 0 spiro atoms. The summed E-state index contributed by atoms with van der Waals surface area (Å²) in [6.07, 6.45) is 0.858. The van der Waals surface area contributed by atoms with E-state index in [4.69, 9.17) is 23.3 Å². The van der Waals surface area contributed by atoms with Gasteiger partial charge in [0.15, 0.2) is 0 Å². The first-order chi connectivity index (χ1) is 16.0. The zero-order valence-electron chi connectivity index (χ0n) is 19.2. The predicted molar refractivity (Wildman–Crippen MR) is 142 cm³/mol. The molecule has 0 aliphatic heterocycles. The Morgan fingerprint density at radius 2 is 1.27 bits per heavy atom. The van der Waals surface area contributed by atoms with Gasteiger partial charge in [-0.15, -0.1) is 0 Å². The van der Waals surface area contributed by atoms with E-state index in [1.807, 2.05) is 30.3 Å². The first-order valence-electron chi connectivity index (χ1n) is 10.9. The molecule has 4 aromatic rings. The number of halogens is 2. The standard InChI is InChI=1S/C28H28OSi.2ClH.Ti/c1-22-19-24(21-23-13-7-4-8-14-23)28(29-25-15-9-5-10-16-25)27(20-22)30(2,3)26-17-11-6-12-18-26;;;/h4-20H,21H2,1-3H3;2*1H;/q;;;+2/p-2. The first kappa shape index (κ1) is 25.8. The molecule has 0 aliphatic carbocycles. The van der Waals surface area contributed by atoms with Gasteiger partial charge in [0.05, 0.1) is 0 Å². The van der Waals surface area contributed by atoms with E-state index < -0.39 is 25.1 Å². The van der Waals surface area contributed by atoms with Crippen molar-refractivity contribution in [3.8, 4) is 11.5 Å². The Morgan fingerprint density at radius 1 is 0.758 bits per heavy atom. The molecule has 4 aromatic carbocycles. The normalized spacial score (nSPS) is 10.7. The van der Waals surface area contributed by atoms with Gasteiger partial charge in [-0.05, 0) is 35.4 Å². The number of hydrogen-bond acceptors (Lipinski definition) is 1. The van der Waals surface area contributed by atoms with Crippen LogP contribution >= 0.6 is 18.6 Å². The topological polar surface area (TPSA) is 9.23 Å². The Bertz CT molecular complexity index is 1140. The number of rotatable bonds is 6. The van der Waals surface area contributed by atoms with Gasteiger partial charge in [-0.1, -0.05) is 115 Å². The molecule has 0 radical (unpaired) electrons. The van der Waals surface area contributed by atoms with Gasteiger partial charge in [0.25, 0.3) is 0 Å². The van der Waals surface area contributed by atoms with Gasteiger partial charge in [0.1, 0.15) is 19.6 Å². The molecular formula is C28H28Cl2OSiTi. The second-order valence-corrected chi connectivity index (χ2v) is 15.4. The van der Waals surface area contributed by atoms with Crippen LogP contribution < -0.4 is 15.1 Å². The van der Waals surface area contributed by atoms with Crippen molar-refractivity contribution < 1.29 is 21.8 Å². The van der Waals surface area contributed by atoms with Gasteiger partial charge in [-0.2, -0.15) is 0 Å². The first-order valence-corrected chi connectivity index (χ1v) is 18.2. The average Bonchev–Trinajstić information content (AvgIpc) is 2.83. The molecule has 0 aromatic heterocycles. The molecule has 0 amide bonds. The van der Waals surface area contributed by atoms with E-state index in [0.717, 1.165) is 17.9 Å². The number of benzene rings is 4. The van der Waals surface area contributed by atoms with Crippen LogP contribution in [0.15, 0.2) is 103 Å². The Morgan fingerprint density at radius 3 is 1.85 bits per heavy atom. The number of aryl methyl sites for hydroxylation is 1. The van der Waals surface area contributed by atoms with Gasteiger partial charge >= 0.3 is 35.6 Å². The summed E-state index contributed by atoms with van der Waals surface area (Å²) in [6, 6.07) is 36.3. The van der Waals surface area contributed by atoms with Crippen LogP contribution in [0.2, 0.25) is 13.1 Å². The fourth-order valence-corrected chi connectivity index (χ4v) is 6.70. The van der Waals surface area contributed by atoms with Crippen LogP contribution in [0.1, 0.15) is 16.7 Å². The van der Waals surface area contributed by atoms with E-state index in [1.54, 1.807) is 0 Å². The fourth-order valence-electron chi connectivity index (χ4n) is 4.00. The molecule has 5 heteroatoms. The maximum atomic E-state index is 6.61. The molecule has 0 bridgehead atoms. The molecule has 0 unspecified atom stereocenters. The molecule has 1 nitrogen and oxygen atoms in total. The SMILES string of the molecule is Cc1cc(Cc2ccccc2)c(Oc2ccccc2)c([Si](C)(C)c2ccccc2)c1.[Cl][Ti][Cl]. The molecular weight excluding hydrogens is 499 g/mol. The van der Waals surface area contributed by atoms with Crippen molar-refractivity contribution in [2.45, 2.75) is 26.4 Å². The van der Waals surface area contributed by atoms with Crippen molar-refractivity contribution >= 4 is 37.1 Å². The van der Waals surface area contributed by atoms with Gasteiger partial charge < -0.3 is 4.74 Å². The molecule has 0 saturated heterocycles. The summed E-state index contributed by atoms with van der Waals surface area (Å²) >= 11 is -0.556. The van der Waals surface area contributed by atoms with Gasteiger partial charge in [0.2, 0.25) is 0 Å². The van der Waals surface area contributed by atoms with Crippen molar-refractivity contribution in [1.29, 1.82) is 0 Å². The summed E-state index contributed by atoms with van der Waals surface area (Å²) in [7, 11) is 7.82. The van der Waals surface area contributed by atoms with E-state index in [2.05, 4.69) is 92.8 Å². The third kappa shape index (κ3) is 7.09. The molecule has 0 saturated carbocycles. The molecule has 4 rings (SSSR count). The van der Waals surface area contributed by atoms with Crippen LogP contribution in [-0.2, 0) is 23.5 Å². The maximum absolute atomic E-state index is 6.61. The zero-order chi connectivity index (χ0) is 23.7. The second kappa shape index (κ2) is 12.6. The van der Waals surface area contributed by atoms with Gasteiger partial charge in [-0.3, -0.25) is 0 Å². The summed E-state index contributed by atoms with van der Waals surface area (Å²) in [6.45, 7) is 7.03. The van der Waals surface area contributed by atoms with Crippen LogP contribution in [0.3, 0.4) is 0 Å². The Balaban J connectivity index is 0.000000968. The average molecular weight is 527 g/mol. The summed E-state index contributed by atoms with van der Waals surface area (Å²) in [5, 5.41) is 2.77. The van der Waals surface area contributed by atoms with Crippen LogP contribution in [0.25, 0.3) is 0 Å². The summed E-state index contributed by atoms with van der Waals surface area (Å²) in [5.41, 5.74) is 3.83. The van der Waals surface area contributed by atoms with Crippen LogP contribution in [-0.4, -0.2) is 8.07 Å². The zero-order valence-corrected chi connectivity index (χ0v) is 23.3. The molecule has 168 valence electrons. The number of hydrogen-bond donors (Lipinski definition) is 0. The van der Waals surface area contributed by atoms with E-state index >= 15 is 0 Å². The van der Waals surface area contributed by atoms with Crippen molar-refractivity contribution in [3.63, 3.8) is 0 Å². The monoisotopic (exact) mass is 526 g/mol. The molecule has 0 aliphatic rings. The van der Waals surface area contributed by atoms with Crippen molar-refractivity contribution in [2.24, 2.45) is 0 Å². The van der Waals surface area contributed by atoms with Crippen molar-refractivity contribution in [3.05, 3.63) is 120 Å². The van der Waals surface area contributed by atoms with E-state index in [1.165, 1.54) is 27.1 Å². The van der Waals surface area contributed by atoms with Crippen LogP contribution in [0.4, 0.5) is 0 Å². The molecule has 0 N–H and O–H groups in total. The predicted octanol–water partition coefficient (Wildman–Crippen LogP) is 7.58. The fraction of sp³-hybridized carbons (Fsp3) is 0.143. The minimum absolute atomic E-state index is 0.556. The molecule has 0 heterocycles. The summed E-state index contributed by atoms with van der Waals surface area (Å²) in [5.74, 6) is 1.91. The summed E-state index contributed by atoms with van der Waals surface area (Å²) in [4.78, 5) is 0. The molecule has 0 atom stereocenters. The van der Waals surface area contributed by atoms with E-state index in [9.17, 15) is 0 Å². The van der Waals surface area contributed by atoms with Crippen LogP contribution in [0.5, 0.6) is 11.5 Å². The number of para-hydroxylation sites is 1. The third-order valence-electron chi connectivity index (χ3n) is 5.68. The quantitative estimate of drug-likeness (QED) is 0.235. The Labute approximate surface area is 215 Å². The van der Waals surface area contributed by atoms with Crippen LogP contribution in [0, 0.1) is 6.92 Å². The Kier molecular flexibility index (Phi) is 9.85. The molecule has 0 fully saturated rings. The summed E-state index contributed by atoms with van der Waals surface area (Å²) < 4.78 is 6.61. The minimum atomic E-state index is -1.96. The second-order valence-electron chi connectivity index (χ2n) is 8.44. The van der Waals surface area contributed by atoms with Crippen molar-refractivity contribution in [2.75, 3.05) is 0 Å². The van der Waals surface area contributed by atoms with Gasteiger partial charge in [-0.25, -0.2) is 0 Å². The van der Waals surface area contributed by atoms with Crippen molar-refractivity contribution in [1.82, 2.24) is 0 Å². The molecule has 33 heavy (non-hydrogen) atoms. The Hall–Kier alpha value is -1.81. The third-order valence-corrected chi connectivity index (χ3v) is 9.17. The number of ether oxygens (including phenoxy) is 1. The van der Waals surface area contributed by atoms with E-state index in [-0.39, 0.29) is 0 Å². The van der Waals surface area contributed by atoms with E-state index in [0.29, 0.717) is 0 Å².